The Bertz CT molecular complexity index is 1170. The van der Waals surface area contributed by atoms with E-state index < -0.39 is 0 Å². The van der Waals surface area contributed by atoms with Gasteiger partial charge in [0, 0.05) is 29.6 Å². The van der Waals surface area contributed by atoms with Crippen molar-refractivity contribution in [2.24, 2.45) is 7.05 Å². The number of para-hydroxylation sites is 1. The van der Waals surface area contributed by atoms with Gasteiger partial charge >= 0.3 is 0 Å². The van der Waals surface area contributed by atoms with E-state index in [2.05, 4.69) is 11.4 Å². The van der Waals surface area contributed by atoms with Crippen molar-refractivity contribution in [3.8, 4) is 5.75 Å². The van der Waals surface area contributed by atoms with Crippen LogP contribution >= 0.6 is 0 Å². The van der Waals surface area contributed by atoms with Crippen molar-refractivity contribution in [3.05, 3.63) is 65.4 Å². The summed E-state index contributed by atoms with van der Waals surface area (Å²) in [5, 5.41) is 4.26. The molecule has 6 nitrogen and oxygen atoms in total. The lowest BCUT2D eigenvalue weighted by atomic mass is 9.98. The number of aromatic nitrogens is 1. The molecule has 2 heterocycles. The third kappa shape index (κ3) is 3.88. The van der Waals surface area contributed by atoms with E-state index >= 15 is 0 Å². The van der Waals surface area contributed by atoms with E-state index in [1.807, 2.05) is 54.1 Å². The summed E-state index contributed by atoms with van der Waals surface area (Å²) in [6, 6.07) is 15.8. The fourth-order valence-electron chi connectivity index (χ4n) is 5.51. The smallest absolute Gasteiger partial charge is 0.272 e. The highest BCUT2D eigenvalue weighted by Gasteiger charge is 2.42. The highest BCUT2D eigenvalue weighted by Crippen LogP contribution is 2.44. The first-order chi connectivity index (χ1) is 16.1. The Morgan fingerprint density at radius 2 is 1.73 bits per heavy atom. The van der Waals surface area contributed by atoms with Crippen LogP contribution in [-0.2, 0) is 11.8 Å². The average molecular weight is 446 g/mol. The molecule has 33 heavy (non-hydrogen) atoms. The van der Waals surface area contributed by atoms with E-state index in [0.717, 1.165) is 53.5 Å². The summed E-state index contributed by atoms with van der Waals surface area (Å²) in [7, 11) is 3.57. The molecule has 1 saturated carbocycles. The average Bonchev–Trinajstić information content (AvgIpc) is 3.12. The zero-order valence-electron chi connectivity index (χ0n) is 19.3. The normalized spacial score (nSPS) is 18.9. The SMILES string of the molecule is COc1ccc(C2c3c(n(C)c4ccccc34)C(=O)N2CC(=O)NC2CCCCCC2)cc1. The summed E-state index contributed by atoms with van der Waals surface area (Å²) in [4.78, 5) is 28.5. The molecule has 1 unspecified atom stereocenters. The molecular weight excluding hydrogens is 414 g/mol. The van der Waals surface area contributed by atoms with Crippen molar-refractivity contribution in [3.63, 3.8) is 0 Å². The summed E-state index contributed by atoms with van der Waals surface area (Å²) in [5.74, 6) is 0.588. The number of hydrogen-bond donors (Lipinski definition) is 1. The maximum absolute atomic E-state index is 13.7. The van der Waals surface area contributed by atoms with Gasteiger partial charge in [0.15, 0.2) is 0 Å². The van der Waals surface area contributed by atoms with Crippen molar-refractivity contribution < 1.29 is 14.3 Å². The van der Waals surface area contributed by atoms with E-state index in [1.54, 1.807) is 12.0 Å². The third-order valence-corrected chi connectivity index (χ3v) is 7.16. The number of nitrogens with one attached hydrogen (secondary N) is 1. The predicted molar refractivity (Wildman–Crippen MR) is 128 cm³/mol. The van der Waals surface area contributed by atoms with Crippen LogP contribution in [-0.4, -0.2) is 41.0 Å². The summed E-state index contributed by atoms with van der Waals surface area (Å²) in [6.45, 7) is 0.0506. The second-order valence-electron chi connectivity index (χ2n) is 9.20. The van der Waals surface area contributed by atoms with E-state index in [9.17, 15) is 9.59 Å². The number of ether oxygens (including phenoxy) is 1. The number of methoxy groups -OCH3 is 1. The number of carbonyl (C=O) groups is 2. The lowest BCUT2D eigenvalue weighted by molar-refractivity contribution is -0.122. The maximum Gasteiger partial charge on any atom is 0.272 e. The zero-order valence-corrected chi connectivity index (χ0v) is 19.3. The molecule has 5 rings (SSSR count). The monoisotopic (exact) mass is 445 g/mol. The highest BCUT2D eigenvalue weighted by atomic mass is 16.5. The number of aryl methyl sites for hydroxylation is 1. The number of nitrogens with zero attached hydrogens (tertiary/aromatic N) is 2. The van der Waals surface area contributed by atoms with E-state index in [-0.39, 0.29) is 30.4 Å². The Kier molecular flexibility index (Phi) is 5.83. The molecule has 1 aliphatic carbocycles. The Morgan fingerprint density at radius 1 is 1.03 bits per heavy atom. The number of rotatable bonds is 5. The minimum atomic E-state index is -0.315. The fourth-order valence-corrected chi connectivity index (χ4v) is 5.51. The predicted octanol–water partition coefficient (Wildman–Crippen LogP) is 4.57. The Hall–Kier alpha value is -3.28. The third-order valence-electron chi connectivity index (χ3n) is 7.16. The second kappa shape index (κ2) is 8.93. The lowest BCUT2D eigenvalue weighted by Crippen LogP contribution is -2.43. The second-order valence-corrected chi connectivity index (χ2v) is 9.20. The van der Waals surface area contributed by atoms with Crippen molar-refractivity contribution in [2.45, 2.75) is 50.6 Å². The van der Waals surface area contributed by atoms with Gasteiger partial charge < -0.3 is 19.5 Å². The first kappa shape index (κ1) is 21.6. The number of amides is 2. The van der Waals surface area contributed by atoms with Crippen LogP contribution in [0, 0.1) is 0 Å². The van der Waals surface area contributed by atoms with Gasteiger partial charge in [-0.3, -0.25) is 9.59 Å². The Morgan fingerprint density at radius 3 is 2.42 bits per heavy atom. The van der Waals surface area contributed by atoms with Gasteiger partial charge in [-0.2, -0.15) is 0 Å². The molecule has 2 aliphatic rings. The van der Waals surface area contributed by atoms with Gasteiger partial charge in [-0.25, -0.2) is 0 Å². The van der Waals surface area contributed by atoms with Gasteiger partial charge in [-0.05, 0) is 36.6 Å². The first-order valence-corrected chi connectivity index (χ1v) is 11.9. The van der Waals surface area contributed by atoms with Gasteiger partial charge in [0.2, 0.25) is 5.91 Å². The van der Waals surface area contributed by atoms with Crippen molar-refractivity contribution in [1.29, 1.82) is 0 Å². The molecule has 0 radical (unpaired) electrons. The molecule has 1 atom stereocenters. The summed E-state index contributed by atoms with van der Waals surface area (Å²) < 4.78 is 7.30. The number of carbonyl (C=O) groups excluding carboxylic acids is 2. The van der Waals surface area contributed by atoms with Gasteiger partial charge in [0.1, 0.15) is 18.0 Å². The quantitative estimate of drug-likeness (QED) is 0.585. The van der Waals surface area contributed by atoms with Crippen molar-refractivity contribution in [1.82, 2.24) is 14.8 Å². The fraction of sp³-hybridized carbons (Fsp3) is 0.407. The summed E-state index contributed by atoms with van der Waals surface area (Å²) in [5.41, 5.74) is 3.64. The molecule has 1 fully saturated rings. The zero-order chi connectivity index (χ0) is 22.9. The number of benzene rings is 2. The van der Waals surface area contributed by atoms with Crippen LogP contribution in [0.2, 0.25) is 0 Å². The molecule has 172 valence electrons. The summed E-state index contributed by atoms with van der Waals surface area (Å²) >= 11 is 0. The van der Waals surface area contributed by atoms with Crippen molar-refractivity contribution in [2.75, 3.05) is 13.7 Å². The standard InChI is InChI=1S/C27H31N3O3/c1-29-22-12-8-7-11-21(22)24-25(18-13-15-20(33-2)16-14-18)30(27(32)26(24)29)17-23(31)28-19-9-5-3-4-6-10-19/h7-8,11-16,19,25H,3-6,9-10,17H2,1-2H3,(H,28,31). The van der Waals surface area contributed by atoms with Crippen LogP contribution in [0.3, 0.4) is 0 Å². The van der Waals surface area contributed by atoms with E-state index in [1.165, 1.54) is 12.8 Å². The molecule has 3 aromatic rings. The number of hydrogen-bond acceptors (Lipinski definition) is 3. The lowest BCUT2D eigenvalue weighted by Gasteiger charge is -2.27. The molecule has 1 aliphatic heterocycles. The topological polar surface area (TPSA) is 63.6 Å². The Labute approximate surface area is 194 Å². The van der Waals surface area contributed by atoms with Gasteiger partial charge in [-0.1, -0.05) is 56.0 Å². The van der Waals surface area contributed by atoms with Crippen LogP contribution in [0.15, 0.2) is 48.5 Å². The van der Waals surface area contributed by atoms with Crippen molar-refractivity contribution >= 4 is 22.7 Å². The molecule has 2 aromatic carbocycles. The van der Waals surface area contributed by atoms with Gasteiger partial charge in [0.05, 0.1) is 13.2 Å². The Balaban J connectivity index is 1.50. The van der Waals surface area contributed by atoms with Gasteiger partial charge in [0.25, 0.3) is 5.91 Å². The summed E-state index contributed by atoms with van der Waals surface area (Å²) in [6.07, 6.45) is 6.82. The maximum atomic E-state index is 13.7. The largest absolute Gasteiger partial charge is 0.497 e. The van der Waals surface area contributed by atoms with Gasteiger partial charge in [-0.15, -0.1) is 0 Å². The molecule has 0 bridgehead atoms. The van der Waals surface area contributed by atoms with E-state index in [0.29, 0.717) is 5.69 Å². The molecule has 1 N–H and O–H groups in total. The van der Waals surface area contributed by atoms with Crippen LogP contribution < -0.4 is 10.1 Å². The molecule has 1 aromatic heterocycles. The first-order valence-electron chi connectivity index (χ1n) is 11.9. The highest BCUT2D eigenvalue weighted by molar-refractivity contribution is 6.07. The van der Waals surface area contributed by atoms with Crippen LogP contribution in [0.1, 0.15) is 66.2 Å². The molecule has 2 amide bonds. The van der Waals surface area contributed by atoms with Crippen LogP contribution in [0.5, 0.6) is 5.75 Å². The van der Waals surface area contributed by atoms with E-state index in [4.69, 9.17) is 4.74 Å². The minimum Gasteiger partial charge on any atom is -0.497 e. The molecular formula is C27H31N3O3. The minimum absolute atomic E-state index is 0.0506. The molecule has 0 spiro atoms. The number of fused-ring (bicyclic) bond motifs is 3. The van der Waals surface area contributed by atoms with Crippen LogP contribution in [0.25, 0.3) is 10.9 Å². The van der Waals surface area contributed by atoms with Crippen LogP contribution in [0.4, 0.5) is 0 Å². The molecule has 0 saturated heterocycles. The molecule has 6 heteroatoms.